The maximum atomic E-state index is 13.6. The molecule has 0 aliphatic carbocycles. The van der Waals surface area contributed by atoms with Gasteiger partial charge >= 0.3 is 6.18 Å². The lowest BCUT2D eigenvalue weighted by atomic mass is 10.1. The predicted octanol–water partition coefficient (Wildman–Crippen LogP) is 5.37. The van der Waals surface area contributed by atoms with Gasteiger partial charge in [0.15, 0.2) is 10.8 Å². The minimum Gasteiger partial charge on any atom is -0.348 e. The van der Waals surface area contributed by atoms with Gasteiger partial charge in [0.2, 0.25) is 0 Å². The molecule has 3 heterocycles. The van der Waals surface area contributed by atoms with E-state index in [1.807, 2.05) is 6.07 Å². The highest BCUT2D eigenvalue weighted by molar-refractivity contribution is 7.22. The van der Waals surface area contributed by atoms with Gasteiger partial charge in [0.05, 0.1) is 16.0 Å². The van der Waals surface area contributed by atoms with Crippen molar-refractivity contribution in [2.24, 2.45) is 0 Å². The number of fused-ring (bicyclic) bond motifs is 1. The van der Waals surface area contributed by atoms with Gasteiger partial charge in [0.1, 0.15) is 0 Å². The van der Waals surface area contributed by atoms with Crippen molar-refractivity contribution >= 4 is 26.8 Å². The van der Waals surface area contributed by atoms with Crippen LogP contribution in [-0.4, -0.2) is 23.1 Å². The monoisotopic (exact) mass is 363 g/mol. The minimum atomic E-state index is -4.43. The molecule has 0 atom stereocenters. The van der Waals surface area contributed by atoms with Gasteiger partial charge in [-0.25, -0.2) is 4.98 Å². The fraction of sp³-hybridized carbons (Fsp3) is 0.333. The van der Waals surface area contributed by atoms with Crippen molar-refractivity contribution in [3.05, 3.63) is 42.0 Å². The number of alkyl halides is 3. The number of piperidine rings is 1. The first-order valence-corrected chi connectivity index (χ1v) is 9.03. The zero-order chi connectivity index (χ0) is 17.4. The van der Waals surface area contributed by atoms with E-state index >= 15 is 0 Å². The third-order valence-electron chi connectivity index (χ3n) is 4.35. The molecule has 0 radical (unpaired) electrons. The fourth-order valence-electron chi connectivity index (χ4n) is 3.09. The van der Waals surface area contributed by atoms with Crippen molar-refractivity contribution in [3.63, 3.8) is 0 Å². The van der Waals surface area contributed by atoms with E-state index in [1.165, 1.54) is 0 Å². The van der Waals surface area contributed by atoms with Crippen LogP contribution in [0.5, 0.6) is 0 Å². The van der Waals surface area contributed by atoms with E-state index in [2.05, 4.69) is 14.9 Å². The number of anilines is 1. The van der Waals surface area contributed by atoms with Crippen LogP contribution in [0.4, 0.5) is 18.3 Å². The van der Waals surface area contributed by atoms with Gasteiger partial charge in [0, 0.05) is 18.7 Å². The zero-order valence-electron chi connectivity index (χ0n) is 13.4. The van der Waals surface area contributed by atoms with Gasteiger partial charge in [0.25, 0.3) is 0 Å². The molecule has 1 saturated heterocycles. The van der Waals surface area contributed by atoms with Gasteiger partial charge in [-0.15, -0.1) is 0 Å². The molecule has 1 aliphatic heterocycles. The van der Waals surface area contributed by atoms with Crippen molar-refractivity contribution in [1.29, 1.82) is 0 Å². The lowest BCUT2D eigenvalue weighted by molar-refractivity contribution is -0.136. The highest BCUT2D eigenvalue weighted by Gasteiger charge is 2.35. The zero-order valence-corrected chi connectivity index (χ0v) is 14.2. The molecule has 3 aromatic rings. The molecule has 0 unspecified atom stereocenters. The van der Waals surface area contributed by atoms with Gasteiger partial charge in [-0.05, 0) is 25.3 Å². The SMILES string of the molecule is FC(F)(F)c1cc(-c2ccccc2)nc2nc(N3CCCCC3)sc12. The Bertz CT molecular complexity index is 884. The molecule has 25 heavy (non-hydrogen) atoms. The minimum absolute atomic E-state index is 0.118. The first-order valence-electron chi connectivity index (χ1n) is 8.21. The molecule has 7 heteroatoms. The summed E-state index contributed by atoms with van der Waals surface area (Å²) in [6.07, 6.45) is -1.18. The molecule has 1 aromatic carbocycles. The van der Waals surface area contributed by atoms with Crippen molar-refractivity contribution < 1.29 is 13.2 Å². The maximum Gasteiger partial charge on any atom is 0.417 e. The molecular formula is C18H16F3N3S. The summed E-state index contributed by atoms with van der Waals surface area (Å²) in [5, 5.41) is 0.637. The van der Waals surface area contributed by atoms with Gasteiger partial charge < -0.3 is 4.90 Å². The van der Waals surface area contributed by atoms with Crippen LogP contribution in [0.25, 0.3) is 21.6 Å². The number of nitrogens with zero attached hydrogens (tertiary/aromatic N) is 3. The second-order valence-corrected chi connectivity index (χ2v) is 7.09. The van der Waals surface area contributed by atoms with Crippen LogP contribution in [0.3, 0.4) is 0 Å². The summed E-state index contributed by atoms with van der Waals surface area (Å²) in [5.41, 5.74) is 0.481. The largest absolute Gasteiger partial charge is 0.417 e. The van der Waals surface area contributed by atoms with Crippen molar-refractivity contribution in [2.45, 2.75) is 25.4 Å². The molecule has 1 fully saturated rings. The number of hydrogen-bond acceptors (Lipinski definition) is 4. The molecular weight excluding hydrogens is 347 g/mol. The number of aromatic nitrogens is 2. The molecule has 130 valence electrons. The smallest absolute Gasteiger partial charge is 0.348 e. The van der Waals surface area contributed by atoms with Crippen LogP contribution in [0.1, 0.15) is 24.8 Å². The Balaban J connectivity index is 1.87. The highest BCUT2D eigenvalue weighted by atomic mass is 32.1. The van der Waals surface area contributed by atoms with Gasteiger partial charge in [-0.2, -0.15) is 18.2 Å². The predicted molar refractivity (Wildman–Crippen MR) is 93.9 cm³/mol. The molecule has 1 aliphatic rings. The van der Waals surface area contributed by atoms with E-state index in [-0.39, 0.29) is 10.3 Å². The topological polar surface area (TPSA) is 29.0 Å². The quantitative estimate of drug-likeness (QED) is 0.613. The fourth-order valence-corrected chi connectivity index (χ4v) is 4.18. The number of thiazole rings is 1. The molecule has 0 spiro atoms. The van der Waals surface area contributed by atoms with E-state index in [1.54, 1.807) is 24.3 Å². The molecule has 2 aromatic heterocycles. The molecule has 4 rings (SSSR count). The maximum absolute atomic E-state index is 13.6. The number of benzene rings is 1. The Morgan fingerprint density at radius 1 is 0.960 bits per heavy atom. The van der Waals surface area contributed by atoms with Crippen LogP contribution in [-0.2, 0) is 6.18 Å². The van der Waals surface area contributed by atoms with Crippen LogP contribution in [0.15, 0.2) is 36.4 Å². The summed E-state index contributed by atoms with van der Waals surface area (Å²) in [4.78, 5) is 10.9. The second kappa shape index (κ2) is 6.29. The van der Waals surface area contributed by atoms with Crippen LogP contribution in [0, 0.1) is 0 Å². The normalized spacial score (nSPS) is 15.7. The van der Waals surface area contributed by atoms with Gasteiger partial charge in [-0.3, -0.25) is 0 Å². The molecule has 0 bridgehead atoms. The summed E-state index contributed by atoms with van der Waals surface area (Å²) in [6, 6.07) is 10.0. The average molecular weight is 363 g/mol. The standard InChI is InChI=1S/C18H16F3N3S/c19-18(20,21)13-11-14(12-7-3-1-4-8-12)22-16-15(13)25-17(23-16)24-9-5-2-6-10-24/h1,3-4,7-8,11H,2,5-6,9-10H2. The van der Waals surface area contributed by atoms with Crippen molar-refractivity contribution in [1.82, 2.24) is 9.97 Å². The summed E-state index contributed by atoms with van der Waals surface area (Å²) in [5.74, 6) is 0. The Morgan fingerprint density at radius 2 is 1.68 bits per heavy atom. The Hall–Kier alpha value is -2.15. The number of pyridine rings is 1. The summed E-state index contributed by atoms with van der Waals surface area (Å²) >= 11 is 1.09. The van der Waals surface area contributed by atoms with E-state index in [9.17, 15) is 13.2 Å². The summed E-state index contributed by atoms with van der Waals surface area (Å²) in [6.45, 7) is 1.68. The molecule has 0 saturated carbocycles. The Morgan fingerprint density at radius 3 is 2.36 bits per heavy atom. The first-order chi connectivity index (χ1) is 12.0. The van der Waals surface area contributed by atoms with E-state index in [0.29, 0.717) is 16.4 Å². The third kappa shape index (κ3) is 3.20. The lowest BCUT2D eigenvalue weighted by Gasteiger charge is -2.25. The summed E-state index contributed by atoms with van der Waals surface area (Å²) < 4.78 is 40.9. The van der Waals surface area contributed by atoms with E-state index in [4.69, 9.17) is 0 Å². The number of rotatable bonds is 2. The average Bonchev–Trinajstić information content (AvgIpc) is 3.05. The van der Waals surface area contributed by atoms with Crippen LogP contribution >= 0.6 is 11.3 Å². The van der Waals surface area contributed by atoms with E-state index < -0.39 is 11.7 Å². The van der Waals surface area contributed by atoms with Crippen molar-refractivity contribution in [3.8, 4) is 11.3 Å². The van der Waals surface area contributed by atoms with Gasteiger partial charge in [-0.1, -0.05) is 41.7 Å². The van der Waals surface area contributed by atoms with Crippen LogP contribution < -0.4 is 4.90 Å². The second-order valence-electron chi connectivity index (χ2n) is 6.12. The number of halogens is 3. The molecule has 0 N–H and O–H groups in total. The lowest BCUT2D eigenvalue weighted by Crippen LogP contribution is -2.29. The third-order valence-corrected chi connectivity index (χ3v) is 5.49. The van der Waals surface area contributed by atoms with E-state index in [0.717, 1.165) is 49.8 Å². The first kappa shape index (κ1) is 16.3. The summed E-state index contributed by atoms with van der Waals surface area (Å²) in [7, 11) is 0. The Kier molecular flexibility index (Phi) is 4.11. The Labute approximate surface area is 147 Å². The molecule has 3 nitrogen and oxygen atoms in total. The molecule has 0 amide bonds. The van der Waals surface area contributed by atoms with Crippen molar-refractivity contribution in [2.75, 3.05) is 18.0 Å². The highest BCUT2D eigenvalue weighted by Crippen LogP contribution is 2.41. The van der Waals surface area contributed by atoms with Crippen LogP contribution in [0.2, 0.25) is 0 Å². The number of hydrogen-bond donors (Lipinski definition) is 0.